The molecule has 1 atom stereocenters. The van der Waals surface area contributed by atoms with Crippen molar-refractivity contribution in [3.05, 3.63) is 23.8 Å². The van der Waals surface area contributed by atoms with Gasteiger partial charge in [-0.3, -0.25) is 4.79 Å². The smallest absolute Gasteiger partial charge is 0.224 e. The number of hydrogen-bond donors (Lipinski definition) is 1. The molecule has 1 N–H and O–H groups in total. The SMILES string of the molecule is COc1ccc(CC(=O)N[C@@H]2CCOC2)cc1OC. The first-order chi connectivity index (χ1) is 9.22. The molecule has 0 saturated carbocycles. The van der Waals surface area contributed by atoms with Crippen molar-refractivity contribution in [1.29, 1.82) is 0 Å². The standard InChI is InChI=1S/C14H19NO4/c1-17-12-4-3-10(7-13(12)18-2)8-14(16)15-11-5-6-19-9-11/h3-4,7,11H,5-6,8-9H2,1-2H3,(H,15,16)/t11-/m1/s1. The molecule has 19 heavy (non-hydrogen) atoms. The van der Waals surface area contributed by atoms with Crippen LogP contribution in [0.1, 0.15) is 12.0 Å². The molecule has 0 bridgehead atoms. The van der Waals surface area contributed by atoms with Crippen LogP contribution in [-0.4, -0.2) is 39.4 Å². The van der Waals surface area contributed by atoms with Gasteiger partial charge < -0.3 is 19.5 Å². The maximum atomic E-state index is 11.9. The Morgan fingerprint density at radius 1 is 1.37 bits per heavy atom. The normalized spacial score (nSPS) is 18.1. The lowest BCUT2D eigenvalue weighted by molar-refractivity contribution is -0.121. The van der Waals surface area contributed by atoms with Gasteiger partial charge in [-0.15, -0.1) is 0 Å². The van der Waals surface area contributed by atoms with Crippen LogP contribution in [0.2, 0.25) is 0 Å². The van der Waals surface area contributed by atoms with Crippen LogP contribution in [0.15, 0.2) is 18.2 Å². The van der Waals surface area contributed by atoms with Crippen LogP contribution in [0.4, 0.5) is 0 Å². The molecule has 0 aromatic heterocycles. The van der Waals surface area contributed by atoms with E-state index in [9.17, 15) is 4.79 Å². The third kappa shape index (κ3) is 3.61. The molecule has 5 nitrogen and oxygen atoms in total. The van der Waals surface area contributed by atoms with Gasteiger partial charge in [-0.05, 0) is 24.1 Å². The van der Waals surface area contributed by atoms with E-state index >= 15 is 0 Å². The van der Waals surface area contributed by atoms with Gasteiger partial charge in [0.1, 0.15) is 0 Å². The summed E-state index contributed by atoms with van der Waals surface area (Å²) in [5.41, 5.74) is 0.897. The average molecular weight is 265 g/mol. The minimum atomic E-state index is 0.00252. The van der Waals surface area contributed by atoms with E-state index in [4.69, 9.17) is 14.2 Å². The summed E-state index contributed by atoms with van der Waals surface area (Å²) in [5, 5.41) is 2.96. The second-order valence-corrected chi connectivity index (χ2v) is 4.49. The molecular weight excluding hydrogens is 246 g/mol. The van der Waals surface area contributed by atoms with Crippen LogP contribution >= 0.6 is 0 Å². The first-order valence-corrected chi connectivity index (χ1v) is 6.31. The molecule has 1 heterocycles. The van der Waals surface area contributed by atoms with Crippen LogP contribution in [0.3, 0.4) is 0 Å². The van der Waals surface area contributed by atoms with Crippen molar-refractivity contribution in [2.75, 3.05) is 27.4 Å². The summed E-state index contributed by atoms with van der Waals surface area (Å²) in [5.74, 6) is 1.30. The van der Waals surface area contributed by atoms with Gasteiger partial charge in [0.15, 0.2) is 11.5 Å². The third-order valence-corrected chi connectivity index (χ3v) is 3.11. The number of ether oxygens (including phenoxy) is 3. The molecule has 1 fully saturated rings. The lowest BCUT2D eigenvalue weighted by Gasteiger charge is -2.12. The van der Waals surface area contributed by atoms with Crippen molar-refractivity contribution in [2.24, 2.45) is 0 Å². The summed E-state index contributed by atoms with van der Waals surface area (Å²) in [6.07, 6.45) is 1.22. The predicted octanol–water partition coefficient (Wildman–Crippen LogP) is 1.15. The second kappa shape index (κ2) is 6.43. The Hall–Kier alpha value is -1.75. The third-order valence-electron chi connectivity index (χ3n) is 3.11. The highest BCUT2D eigenvalue weighted by Gasteiger charge is 2.18. The topological polar surface area (TPSA) is 56.8 Å². The van der Waals surface area contributed by atoms with E-state index in [1.165, 1.54) is 0 Å². The van der Waals surface area contributed by atoms with Crippen molar-refractivity contribution in [3.63, 3.8) is 0 Å². The maximum absolute atomic E-state index is 11.9. The zero-order valence-electron chi connectivity index (χ0n) is 11.3. The van der Waals surface area contributed by atoms with Crippen LogP contribution in [0.5, 0.6) is 11.5 Å². The van der Waals surface area contributed by atoms with Gasteiger partial charge in [-0.1, -0.05) is 6.07 Å². The molecule has 0 aliphatic carbocycles. The summed E-state index contributed by atoms with van der Waals surface area (Å²) in [6, 6.07) is 5.64. The Labute approximate surface area is 112 Å². The molecule has 1 aliphatic rings. The summed E-state index contributed by atoms with van der Waals surface area (Å²) >= 11 is 0. The number of amides is 1. The highest BCUT2D eigenvalue weighted by atomic mass is 16.5. The Bertz CT molecular complexity index is 441. The summed E-state index contributed by atoms with van der Waals surface area (Å²) in [6.45, 7) is 1.33. The molecule has 2 rings (SSSR count). The van der Waals surface area contributed by atoms with Gasteiger partial charge in [0.2, 0.25) is 5.91 Å². The van der Waals surface area contributed by atoms with E-state index < -0.39 is 0 Å². The van der Waals surface area contributed by atoms with Gasteiger partial charge in [0, 0.05) is 6.61 Å². The van der Waals surface area contributed by atoms with E-state index in [1.54, 1.807) is 20.3 Å². The van der Waals surface area contributed by atoms with Crippen LogP contribution < -0.4 is 14.8 Å². The van der Waals surface area contributed by atoms with E-state index in [0.717, 1.165) is 18.6 Å². The monoisotopic (exact) mass is 265 g/mol. The largest absolute Gasteiger partial charge is 0.493 e. The highest BCUT2D eigenvalue weighted by molar-refractivity contribution is 5.79. The molecule has 1 amide bonds. The van der Waals surface area contributed by atoms with Crippen molar-refractivity contribution in [3.8, 4) is 11.5 Å². The quantitative estimate of drug-likeness (QED) is 0.867. The number of carbonyl (C=O) groups is 1. The van der Waals surface area contributed by atoms with Gasteiger partial charge in [0.25, 0.3) is 0 Å². The van der Waals surface area contributed by atoms with Crippen molar-refractivity contribution >= 4 is 5.91 Å². The van der Waals surface area contributed by atoms with E-state index in [0.29, 0.717) is 24.5 Å². The molecular formula is C14H19NO4. The number of nitrogens with one attached hydrogen (secondary N) is 1. The maximum Gasteiger partial charge on any atom is 0.224 e. The summed E-state index contributed by atoms with van der Waals surface area (Å²) < 4.78 is 15.6. The van der Waals surface area contributed by atoms with Gasteiger partial charge >= 0.3 is 0 Å². The Balaban J connectivity index is 1.96. The first kappa shape index (κ1) is 13.7. The predicted molar refractivity (Wildman–Crippen MR) is 70.6 cm³/mol. The molecule has 1 aliphatic heterocycles. The first-order valence-electron chi connectivity index (χ1n) is 6.31. The Morgan fingerprint density at radius 2 is 2.16 bits per heavy atom. The fourth-order valence-electron chi connectivity index (χ4n) is 2.10. The van der Waals surface area contributed by atoms with Crippen molar-refractivity contribution < 1.29 is 19.0 Å². The number of rotatable bonds is 5. The average Bonchev–Trinajstić information content (AvgIpc) is 2.91. The number of methoxy groups -OCH3 is 2. The summed E-state index contributed by atoms with van der Waals surface area (Å²) in [7, 11) is 3.17. The fraction of sp³-hybridized carbons (Fsp3) is 0.500. The highest BCUT2D eigenvalue weighted by Crippen LogP contribution is 2.27. The van der Waals surface area contributed by atoms with Crippen LogP contribution in [0, 0.1) is 0 Å². The summed E-state index contributed by atoms with van der Waals surface area (Å²) in [4.78, 5) is 11.9. The lowest BCUT2D eigenvalue weighted by Crippen LogP contribution is -2.36. The van der Waals surface area contributed by atoms with Crippen LogP contribution in [-0.2, 0) is 16.0 Å². The van der Waals surface area contributed by atoms with Crippen molar-refractivity contribution in [2.45, 2.75) is 18.9 Å². The van der Waals surface area contributed by atoms with E-state index in [1.807, 2.05) is 12.1 Å². The Kier molecular flexibility index (Phi) is 4.63. The lowest BCUT2D eigenvalue weighted by atomic mass is 10.1. The number of hydrogen-bond acceptors (Lipinski definition) is 4. The molecule has 0 radical (unpaired) electrons. The van der Waals surface area contributed by atoms with E-state index in [2.05, 4.69) is 5.32 Å². The Morgan fingerprint density at radius 3 is 2.79 bits per heavy atom. The van der Waals surface area contributed by atoms with E-state index in [-0.39, 0.29) is 11.9 Å². The molecule has 1 aromatic carbocycles. The molecule has 1 aromatic rings. The molecule has 0 spiro atoms. The van der Waals surface area contributed by atoms with Crippen LogP contribution in [0.25, 0.3) is 0 Å². The molecule has 104 valence electrons. The zero-order chi connectivity index (χ0) is 13.7. The van der Waals surface area contributed by atoms with Gasteiger partial charge in [-0.2, -0.15) is 0 Å². The number of benzene rings is 1. The minimum Gasteiger partial charge on any atom is -0.493 e. The molecule has 0 unspecified atom stereocenters. The zero-order valence-corrected chi connectivity index (χ0v) is 11.3. The minimum absolute atomic E-state index is 0.00252. The molecule has 5 heteroatoms. The van der Waals surface area contributed by atoms with Gasteiger partial charge in [0.05, 0.1) is 33.3 Å². The molecule has 1 saturated heterocycles. The fourth-order valence-corrected chi connectivity index (χ4v) is 2.10. The van der Waals surface area contributed by atoms with Crippen molar-refractivity contribution in [1.82, 2.24) is 5.32 Å². The number of carbonyl (C=O) groups excluding carboxylic acids is 1. The van der Waals surface area contributed by atoms with Gasteiger partial charge in [-0.25, -0.2) is 0 Å². The second-order valence-electron chi connectivity index (χ2n) is 4.49.